The molecule has 2 aromatic carbocycles. The summed E-state index contributed by atoms with van der Waals surface area (Å²) in [6.07, 6.45) is -2.88. The van der Waals surface area contributed by atoms with Gasteiger partial charge in [-0.3, -0.25) is 19.1 Å². The third-order valence-corrected chi connectivity index (χ3v) is 5.03. The van der Waals surface area contributed by atoms with E-state index in [1.165, 1.54) is 0 Å². The van der Waals surface area contributed by atoms with Crippen molar-refractivity contribution in [3.63, 3.8) is 0 Å². The Hall–Kier alpha value is -4.85. The number of aromatic hydroxyl groups is 4. The molecule has 0 saturated heterocycles. The number of phenols is 4. The van der Waals surface area contributed by atoms with E-state index in [-0.39, 0.29) is 17.1 Å². The molecule has 1 aliphatic heterocycles. The number of phenolic OH excluding ortho intramolecular Hbond substituents is 4. The standard InChI is InChI=1S/C21H15FN2O11/c22-9-5-24(21(33)23-20(9)32)6-14(28)34-8-3-10(25)15-13(4-8)35-19(18(31)17(15)30)7-1-11(26)16(29)12(27)2-7/h1-5,18-19,25-27,29,31H,6H2,(H,23,32,33). The molecule has 14 heteroatoms. The van der Waals surface area contributed by atoms with E-state index >= 15 is 0 Å². The van der Waals surface area contributed by atoms with E-state index in [1.807, 2.05) is 0 Å². The number of carbonyl (C=O) groups is 2. The van der Waals surface area contributed by atoms with Crippen molar-refractivity contribution < 1.29 is 49.0 Å². The van der Waals surface area contributed by atoms with Crippen LogP contribution in [-0.4, -0.2) is 52.9 Å². The molecule has 0 aliphatic carbocycles. The number of hydrogen-bond acceptors (Lipinski definition) is 11. The highest BCUT2D eigenvalue weighted by molar-refractivity contribution is 6.05. The largest absolute Gasteiger partial charge is 0.507 e. The topological polar surface area (TPSA) is 209 Å². The molecule has 0 saturated carbocycles. The highest BCUT2D eigenvalue weighted by Gasteiger charge is 2.40. The molecular formula is C21H15FN2O11. The van der Waals surface area contributed by atoms with Crippen molar-refractivity contribution in [3.8, 4) is 34.5 Å². The normalized spacial score (nSPS) is 16.9. The molecule has 6 N–H and O–H groups in total. The Morgan fingerprint density at radius 3 is 2.37 bits per heavy atom. The van der Waals surface area contributed by atoms with Gasteiger partial charge in [0.1, 0.15) is 29.4 Å². The average Bonchev–Trinajstić information content (AvgIpc) is 2.77. The van der Waals surface area contributed by atoms with E-state index in [4.69, 9.17) is 9.47 Å². The first-order valence-corrected chi connectivity index (χ1v) is 9.67. The Morgan fingerprint density at radius 2 is 1.71 bits per heavy atom. The first-order valence-electron chi connectivity index (χ1n) is 9.67. The summed E-state index contributed by atoms with van der Waals surface area (Å²) >= 11 is 0. The van der Waals surface area contributed by atoms with Crippen molar-refractivity contribution in [2.75, 3.05) is 0 Å². The van der Waals surface area contributed by atoms with Gasteiger partial charge in [-0.25, -0.2) is 9.59 Å². The van der Waals surface area contributed by atoms with Crippen LogP contribution in [0.4, 0.5) is 4.39 Å². The van der Waals surface area contributed by atoms with Crippen molar-refractivity contribution in [1.29, 1.82) is 0 Å². The molecule has 2 heterocycles. The fraction of sp³-hybridized carbons (Fsp3) is 0.143. The summed E-state index contributed by atoms with van der Waals surface area (Å²) in [4.78, 5) is 49.3. The van der Waals surface area contributed by atoms with Crippen molar-refractivity contribution in [2.24, 2.45) is 0 Å². The molecule has 182 valence electrons. The molecule has 0 radical (unpaired) electrons. The molecule has 4 rings (SSSR count). The van der Waals surface area contributed by atoms with Gasteiger partial charge >= 0.3 is 11.7 Å². The van der Waals surface area contributed by atoms with Crippen molar-refractivity contribution in [3.05, 3.63) is 68.2 Å². The second-order valence-electron chi connectivity index (χ2n) is 7.41. The minimum Gasteiger partial charge on any atom is -0.507 e. The number of hydrogen-bond donors (Lipinski definition) is 6. The van der Waals surface area contributed by atoms with Gasteiger partial charge in [0.15, 0.2) is 29.5 Å². The van der Waals surface area contributed by atoms with Crippen molar-refractivity contribution in [1.82, 2.24) is 9.55 Å². The van der Waals surface area contributed by atoms with Gasteiger partial charge in [-0.1, -0.05) is 0 Å². The second-order valence-corrected chi connectivity index (χ2v) is 7.41. The number of rotatable bonds is 4. The number of aliphatic hydroxyl groups excluding tert-OH is 1. The SMILES string of the molecule is O=C(Cn1cc(F)c(=O)[nH]c1=O)Oc1cc(O)c2c(c1)OC(c1cc(O)c(O)c(O)c1)C(O)C2=O. The maximum absolute atomic E-state index is 13.4. The fourth-order valence-electron chi connectivity index (χ4n) is 3.41. The molecule has 3 aromatic rings. The number of ketones is 1. The Labute approximate surface area is 192 Å². The number of H-pyrrole nitrogens is 1. The van der Waals surface area contributed by atoms with Crippen LogP contribution in [0.5, 0.6) is 34.5 Å². The van der Waals surface area contributed by atoms with E-state index in [9.17, 15) is 49.1 Å². The van der Waals surface area contributed by atoms with Crippen LogP contribution in [0.25, 0.3) is 0 Å². The Kier molecular flexibility index (Phi) is 5.66. The molecule has 1 aliphatic rings. The predicted octanol–water partition coefficient (Wildman–Crippen LogP) is -0.219. The van der Waals surface area contributed by atoms with Gasteiger partial charge in [0.2, 0.25) is 11.6 Å². The number of esters is 1. The molecule has 2 atom stereocenters. The first-order chi connectivity index (χ1) is 16.5. The molecule has 13 nitrogen and oxygen atoms in total. The van der Waals surface area contributed by atoms with Crippen LogP contribution in [0.2, 0.25) is 0 Å². The Bertz CT molecular complexity index is 1470. The van der Waals surface area contributed by atoms with E-state index in [0.29, 0.717) is 10.8 Å². The number of halogens is 1. The monoisotopic (exact) mass is 490 g/mol. The van der Waals surface area contributed by atoms with Crippen LogP contribution in [-0.2, 0) is 11.3 Å². The number of nitrogens with one attached hydrogen (secondary N) is 1. The lowest BCUT2D eigenvalue weighted by Gasteiger charge is -2.30. The Balaban J connectivity index is 1.63. The van der Waals surface area contributed by atoms with Crippen LogP contribution < -0.4 is 20.7 Å². The molecule has 0 spiro atoms. The third kappa shape index (κ3) is 4.24. The van der Waals surface area contributed by atoms with E-state index in [2.05, 4.69) is 0 Å². The molecule has 2 unspecified atom stereocenters. The molecule has 0 fully saturated rings. The van der Waals surface area contributed by atoms with Crippen molar-refractivity contribution >= 4 is 11.8 Å². The Morgan fingerprint density at radius 1 is 1.06 bits per heavy atom. The van der Waals surface area contributed by atoms with Gasteiger partial charge in [0.25, 0.3) is 5.56 Å². The summed E-state index contributed by atoms with van der Waals surface area (Å²) in [6, 6.07) is 3.75. The zero-order chi connectivity index (χ0) is 25.6. The van der Waals surface area contributed by atoms with Gasteiger partial charge in [0, 0.05) is 17.7 Å². The summed E-state index contributed by atoms with van der Waals surface area (Å²) in [7, 11) is 0. The third-order valence-electron chi connectivity index (χ3n) is 5.03. The highest BCUT2D eigenvalue weighted by atomic mass is 19.1. The van der Waals surface area contributed by atoms with Gasteiger partial charge < -0.3 is 35.0 Å². The summed E-state index contributed by atoms with van der Waals surface area (Å²) < 4.78 is 24.5. The highest BCUT2D eigenvalue weighted by Crippen LogP contribution is 2.44. The lowest BCUT2D eigenvalue weighted by Crippen LogP contribution is -2.36. The van der Waals surface area contributed by atoms with E-state index in [0.717, 1.165) is 24.3 Å². The number of carbonyl (C=O) groups excluding carboxylic acids is 2. The summed E-state index contributed by atoms with van der Waals surface area (Å²) in [5, 5.41) is 49.6. The number of aromatic nitrogens is 2. The number of aliphatic hydroxyl groups is 1. The van der Waals surface area contributed by atoms with E-state index in [1.54, 1.807) is 4.98 Å². The van der Waals surface area contributed by atoms with Crippen LogP contribution in [0.15, 0.2) is 40.1 Å². The number of aromatic amines is 1. The minimum atomic E-state index is -1.88. The van der Waals surface area contributed by atoms with Crippen LogP contribution in [0.3, 0.4) is 0 Å². The van der Waals surface area contributed by atoms with Gasteiger partial charge in [0.05, 0.1) is 6.20 Å². The maximum atomic E-state index is 13.4. The minimum absolute atomic E-state index is 0.106. The quantitative estimate of drug-likeness (QED) is 0.160. The summed E-state index contributed by atoms with van der Waals surface area (Å²) in [5.74, 6) is -7.20. The number of Topliss-reactive ketones (excluding diaryl/α,β-unsaturated/α-hetero) is 1. The maximum Gasteiger partial charge on any atom is 0.331 e. The predicted molar refractivity (Wildman–Crippen MR) is 110 cm³/mol. The fourth-order valence-corrected chi connectivity index (χ4v) is 3.41. The number of benzene rings is 2. The molecular weight excluding hydrogens is 475 g/mol. The van der Waals surface area contributed by atoms with Crippen LogP contribution >= 0.6 is 0 Å². The van der Waals surface area contributed by atoms with Crippen LogP contribution in [0, 0.1) is 5.82 Å². The molecule has 1 aromatic heterocycles. The van der Waals surface area contributed by atoms with E-state index < -0.39 is 76.1 Å². The van der Waals surface area contributed by atoms with Crippen LogP contribution in [0.1, 0.15) is 22.0 Å². The summed E-state index contributed by atoms with van der Waals surface area (Å²) in [6.45, 7) is -0.822. The number of nitrogens with zero attached hydrogens (tertiary/aromatic N) is 1. The number of ether oxygens (including phenoxy) is 2. The zero-order valence-corrected chi connectivity index (χ0v) is 17.3. The smallest absolute Gasteiger partial charge is 0.331 e. The van der Waals surface area contributed by atoms with Gasteiger partial charge in [-0.2, -0.15) is 4.39 Å². The van der Waals surface area contributed by atoms with Gasteiger partial charge in [-0.05, 0) is 12.1 Å². The average molecular weight is 490 g/mol. The first kappa shape index (κ1) is 23.3. The zero-order valence-electron chi connectivity index (χ0n) is 17.3. The molecule has 35 heavy (non-hydrogen) atoms. The van der Waals surface area contributed by atoms with Gasteiger partial charge in [-0.15, -0.1) is 0 Å². The lowest BCUT2D eigenvalue weighted by molar-refractivity contribution is -0.135. The molecule has 0 amide bonds. The number of fused-ring (bicyclic) bond motifs is 1. The van der Waals surface area contributed by atoms with Crippen molar-refractivity contribution in [2.45, 2.75) is 18.8 Å². The lowest BCUT2D eigenvalue weighted by atomic mass is 9.92. The second kappa shape index (κ2) is 8.49. The molecule has 0 bridgehead atoms. The summed E-state index contributed by atoms with van der Waals surface area (Å²) in [5.41, 5.74) is -2.90.